The lowest BCUT2D eigenvalue weighted by Crippen LogP contribution is -2.50. The van der Waals surface area contributed by atoms with Crippen LogP contribution in [-0.2, 0) is 9.84 Å². The number of likely N-dealkylation sites (N-methyl/N-ethyl adjacent to an activating group) is 1. The maximum Gasteiger partial charge on any atom is 0.148 e. The largest absolute Gasteiger partial charge is 0.394 e. The second-order valence-corrected chi connectivity index (χ2v) is 6.44. The van der Waals surface area contributed by atoms with Crippen molar-refractivity contribution >= 4 is 9.84 Å². The van der Waals surface area contributed by atoms with E-state index in [-0.39, 0.29) is 12.4 Å². The lowest BCUT2D eigenvalue weighted by Gasteiger charge is -2.28. The van der Waals surface area contributed by atoms with Gasteiger partial charge in [0, 0.05) is 24.9 Å². The molecule has 5 nitrogen and oxygen atoms in total. The first kappa shape index (κ1) is 13.8. The summed E-state index contributed by atoms with van der Waals surface area (Å²) in [4.78, 5) is 1.80. The number of hydrogen-bond donors (Lipinski definition) is 2. The Hall–Kier alpha value is -0.170. The van der Waals surface area contributed by atoms with E-state index in [0.717, 1.165) is 0 Å². The molecule has 1 atom stereocenters. The van der Waals surface area contributed by atoms with Crippen molar-refractivity contribution in [3.05, 3.63) is 0 Å². The molecule has 0 heterocycles. The molecule has 0 aliphatic rings. The molecule has 0 saturated heterocycles. The smallest absolute Gasteiger partial charge is 0.148 e. The van der Waals surface area contributed by atoms with Crippen LogP contribution in [0.3, 0.4) is 0 Å². The van der Waals surface area contributed by atoms with Gasteiger partial charge < -0.3 is 15.7 Å². The molecule has 0 aromatic carbocycles. The van der Waals surface area contributed by atoms with Gasteiger partial charge in [0.1, 0.15) is 9.84 Å². The van der Waals surface area contributed by atoms with Crippen molar-refractivity contribution in [3.8, 4) is 0 Å². The number of rotatable bonds is 6. The zero-order valence-corrected chi connectivity index (χ0v) is 9.84. The highest BCUT2D eigenvalue weighted by atomic mass is 32.2. The first-order valence-corrected chi connectivity index (χ1v) is 6.48. The normalized spacial score (nSPS) is 17.0. The van der Waals surface area contributed by atoms with Crippen LogP contribution in [0.4, 0.5) is 0 Å². The number of aliphatic hydroxyl groups excluding tert-OH is 1. The monoisotopic (exact) mass is 224 g/mol. The van der Waals surface area contributed by atoms with Gasteiger partial charge in [0.25, 0.3) is 0 Å². The summed E-state index contributed by atoms with van der Waals surface area (Å²) in [5.41, 5.74) is 5.04. The van der Waals surface area contributed by atoms with Crippen LogP contribution < -0.4 is 5.73 Å². The van der Waals surface area contributed by atoms with Crippen LogP contribution in [0, 0.1) is 0 Å². The van der Waals surface area contributed by atoms with Gasteiger partial charge >= 0.3 is 0 Å². The maximum absolute atomic E-state index is 10.9. The molecule has 0 saturated carbocycles. The summed E-state index contributed by atoms with van der Waals surface area (Å²) in [5.74, 6) is 0.116. The Labute approximate surface area is 85.8 Å². The highest BCUT2D eigenvalue weighted by Crippen LogP contribution is 2.00. The molecule has 0 amide bonds. The van der Waals surface area contributed by atoms with Crippen molar-refractivity contribution < 1.29 is 13.5 Å². The SMILES string of the molecule is CN(CCS(C)(=O)=O)CC(C)(N)CO. The predicted molar refractivity (Wildman–Crippen MR) is 56.9 cm³/mol. The number of hydrogen-bond acceptors (Lipinski definition) is 5. The second-order valence-electron chi connectivity index (χ2n) is 4.18. The van der Waals surface area contributed by atoms with Crippen molar-refractivity contribution in [2.24, 2.45) is 5.73 Å². The average Bonchev–Trinajstić information content (AvgIpc) is 1.99. The van der Waals surface area contributed by atoms with E-state index in [9.17, 15) is 8.42 Å². The molecule has 1 unspecified atom stereocenters. The summed E-state index contributed by atoms with van der Waals surface area (Å²) in [5, 5.41) is 8.90. The van der Waals surface area contributed by atoms with Gasteiger partial charge in [-0.1, -0.05) is 0 Å². The minimum absolute atomic E-state index is 0.115. The lowest BCUT2D eigenvalue weighted by molar-refractivity contribution is 0.166. The Morgan fingerprint density at radius 1 is 1.50 bits per heavy atom. The molecule has 0 radical (unpaired) electrons. The van der Waals surface area contributed by atoms with E-state index in [0.29, 0.717) is 13.1 Å². The van der Waals surface area contributed by atoms with Gasteiger partial charge in [0.05, 0.1) is 12.4 Å². The van der Waals surface area contributed by atoms with Crippen LogP contribution in [0.2, 0.25) is 0 Å². The number of sulfone groups is 1. The summed E-state index contributed by atoms with van der Waals surface area (Å²) in [6, 6.07) is 0. The highest BCUT2D eigenvalue weighted by Gasteiger charge is 2.19. The van der Waals surface area contributed by atoms with Crippen LogP contribution in [0.15, 0.2) is 0 Å². The number of nitrogens with zero attached hydrogens (tertiary/aromatic N) is 1. The maximum atomic E-state index is 10.9. The third-order valence-corrected chi connectivity index (χ3v) is 2.76. The fraction of sp³-hybridized carbons (Fsp3) is 1.00. The van der Waals surface area contributed by atoms with Gasteiger partial charge in [-0.25, -0.2) is 8.42 Å². The third kappa shape index (κ3) is 7.25. The van der Waals surface area contributed by atoms with E-state index in [2.05, 4.69) is 0 Å². The molecule has 0 fully saturated rings. The van der Waals surface area contributed by atoms with Crippen molar-refractivity contribution in [1.82, 2.24) is 4.90 Å². The van der Waals surface area contributed by atoms with E-state index < -0.39 is 15.4 Å². The lowest BCUT2D eigenvalue weighted by atomic mass is 10.1. The third-order valence-electron chi connectivity index (χ3n) is 1.84. The summed E-state index contributed by atoms with van der Waals surface area (Å²) in [6.45, 7) is 2.52. The molecule has 0 aromatic rings. The Balaban J connectivity index is 3.94. The van der Waals surface area contributed by atoms with Gasteiger partial charge in [0.15, 0.2) is 0 Å². The van der Waals surface area contributed by atoms with E-state index in [1.807, 2.05) is 0 Å². The molecule has 14 heavy (non-hydrogen) atoms. The fourth-order valence-corrected chi connectivity index (χ4v) is 1.71. The number of nitrogens with two attached hydrogens (primary N) is 1. The Morgan fingerprint density at radius 3 is 2.36 bits per heavy atom. The standard InChI is InChI=1S/C8H20N2O3S/c1-8(9,7-11)6-10(2)4-5-14(3,12)13/h11H,4-7,9H2,1-3H3. The average molecular weight is 224 g/mol. The second kappa shape index (κ2) is 5.06. The predicted octanol–water partition coefficient (Wildman–Crippen LogP) is -1.33. The summed E-state index contributed by atoms with van der Waals surface area (Å²) in [7, 11) is -1.14. The van der Waals surface area contributed by atoms with Crippen molar-refractivity contribution in [2.75, 3.05) is 38.8 Å². The summed E-state index contributed by atoms with van der Waals surface area (Å²) < 4.78 is 21.7. The highest BCUT2D eigenvalue weighted by molar-refractivity contribution is 7.90. The molecule has 0 aliphatic heterocycles. The molecule has 3 N–H and O–H groups in total. The molecule has 0 bridgehead atoms. The van der Waals surface area contributed by atoms with Gasteiger partial charge in [-0.05, 0) is 14.0 Å². The summed E-state index contributed by atoms with van der Waals surface area (Å²) >= 11 is 0. The van der Waals surface area contributed by atoms with Crippen molar-refractivity contribution in [1.29, 1.82) is 0 Å². The van der Waals surface area contributed by atoms with E-state index in [1.165, 1.54) is 6.26 Å². The van der Waals surface area contributed by atoms with E-state index >= 15 is 0 Å². The van der Waals surface area contributed by atoms with E-state index in [4.69, 9.17) is 10.8 Å². The molecule has 0 spiro atoms. The van der Waals surface area contributed by atoms with E-state index in [1.54, 1.807) is 18.9 Å². The molecular weight excluding hydrogens is 204 g/mol. The first-order valence-electron chi connectivity index (χ1n) is 4.42. The first-order chi connectivity index (χ1) is 6.16. The van der Waals surface area contributed by atoms with Crippen LogP contribution in [-0.4, -0.2) is 62.7 Å². The Bertz CT molecular complexity index is 262. The minimum Gasteiger partial charge on any atom is -0.394 e. The molecule has 0 aliphatic carbocycles. The van der Waals surface area contributed by atoms with Gasteiger partial charge in [0.2, 0.25) is 0 Å². The zero-order chi connectivity index (χ0) is 11.4. The van der Waals surface area contributed by atoms with Crippen molar-refractivity contribution in [2.45, 2.75) is 12.5 Å². The Kier molecular flexibility index (Phi) is 5.00. The van der Waals surface area contributed by atoms with Crippen LogP contribution in [0.1, 0.15) is 6.92 Å². The fourth-order valence-electron chi connectivity index (χ4n) is 1.07. The Morgan fingerprint density at radius 2 is 2.00 bits per heavy atom. The van der Waals surface area contributed by atoms with Crippen LogP contribution >= 0.6 is 0 Å². The van der Waals surface area contributed by atoms with Gasteiger partial charge in [-0.15, -0.1) is 0 Å². The molecule has 0 aromatic heterocycles. The van der Waals surface area contributed by atoms with Crippen LogP contribution in [0.25, 0.3) is 0 Å². The molecule has 6 heteroatoms. The molecule has 86 valence electrons. The summed E-state index contributed by atoms with van der Waals surface area (Å²) in [6.07, 6.45) is 1.20. The minimum atomic E-state index is -2.93. The number of aliphatic hydroxyl groups is 1. The zero-order valence-electron chi connectivity index (χ0n) is 9.02. The topological polar surface area (TPSA) is 83.6 Å². The van der Waals surface area contributed by atoms with Crippen molar-refractivity contribution in [3.63, 3.8) is 0 Å². The van der Waals surface area contributed by atoms with Gasteiger partial charge in [-0.3, -0.25) is 0 Å². The molecule has 0 rings (SSSR count). The van der Waals surface area contributed by atoms with Gasteiger partial charge in [-0.2, -0.15) is 0 Å². The molecular formula is C8H20N2O3S. The van der Waals surface area contributed by atoms with Crippen LogP contribution in [0.5, 0.6) is 0 Å². The quantitative estimate of drug-likeness (QED) is 0.584.